The molecule has 2 unspecified atom stereocenters. The summed E-state index contributed by atoms with van der Waals surface area (Å²) < 4.78 is 23.5. The SMILES string of the molecule is COC(=O)C1OC1(c1ccccc1)c1ccc(F)cc1. The average Bonchev–Trinajstić information content (AvgIpc) is 3.25. The van der Waals surface area contributed by atoms with Crippen LogP contribution in [-0.4, -0.2) is 19.2 Å². The Balaban J connectivity index is 2.07. The first-order valence-electron chi connectivity index (χ1n) is 6.25. The second-order valence-corrected chi connectivity index (χ2v) is 4.63. The number of esters is 1. The van der Waals surface area contributed by atoms with E-state index in [0.29, 0.717) is 0 Å². The van der Waals surface area contributed by atoms with Gasteiger partial charge in [0, 0.05) is 0 Å². The molecule has 0 aromatic heterocycles. The lowest BCUT2D eigenvalue weighted by Crippen LogP contribution is -2.21. The number of rotatable bonds is 3. The van der Waals surface area contributed by atoms with E-state index >= 15 is 0 Å². The lowest BCUT2D eigenvalue weighted by Gasteiger charge is -2.13. The molecule has 102 valence electrons. The van der Waals surface area contributed by atoms with Gasteiger partial charge < -0.3 is 9.47 Å². The highest BCUT2D eigenvalue weighted by Gasteiger charge is 2.63. The van der Waals surface area contributed by atoms with E-state index < -0.39 is 17.7 Å². The van der Waals surface area contributed by atoms with Crippen LogP contribution in [0.1, 0.15) is 11.1 Å². The molecule has 0 saturated carbocycles. The Morgan fingerprint density at radius 3 is 2.30 bits per heavy atom. The third-order valence-corrected chi connectivity index (χ3v) is 3.51. The standard InChI is InChI=1S/C16H13FO3/c1-19-15(18)14-16(20-14,11-5-3-2-4-6-11)12-7-9-13(17)10-8-12/h2-10,14H,1H3. The molecule has 2 aromatic rings. The van der Waals surface area contributed by atoms with Crippen LogP contribution in [0.25, 0.3) is 0 Å². The normalized spacial score (nSPS) is 24.2. The summed E-state index contributed by atoms with van der Waals surface area (Å²) >= 11 is 0. The predicted octanol–water partition coefficient (Wildman–Crippen LogP) is 2.64. The molecular formula is C16H13FO3. The third kappa shape index (κ3) is 1.89. The van der Waals surface area contributed by atoms with Gasteiger partial charge in [0.1, 0.15) is 5.82 Å². The zero-order valence-corrected chi connectivity index (χ0v) is 10.9. The number of carbonyl (C=O) groups excluding carboxylic acids is 1. The van der Waals surface area contributed by atoms with Crippen LogP contribution in [0.2, 0.25) is 0 Å². The smallest absolute Gasteiger partial charge is 0.338 e. The fourth-order valence-electron chi connectivity index (χ4n) is 2.46. The molecule has 1 aliphatic rings. The van der Waals surface area contributed by atoms with Gasteiger partial charge in [0.05, 0.1) is 7.11 Å². The van der Waals surface area contributed by atoms with Crippen molar-refractivity contribution in [3.8, 4) is 0 Å². The molecule has 0 bridgehead atoms. The first-order valence-corrected chi connectivity index (χ1v) is 6.25. The van der Waals surface area contributed by atoms with Crippen LogP contribution in [0.3, 0.4) is 0 Å². The maximum Gasteiger partial charge on any atom is 0.338 e. The molecule has 20 heavy (non-hydrogen) atoms. The highest BCUT2D eigenvalue weighted by atomic mass is 19.1. The Morgan fingerprint density at radius 1 is 1.10 bits per heavy atom. The van der Waals surface area contributed by atoms with Crippen LogP contribution in [-0.2, 0) is 19.9 Å². The number of hydrogen-bond acceptors (Lipinski definition) is 3. The number of hydrogen-bond donors (Lipinski definition) is 0. The minimum atomic E-state index is -0.873. The van der Waals surface area contributed by atoms with E-state index in [1.807, 2.05) is 30.3 Å². The van der Waals surface area contributed by atoms with E-state index in [1.165, 1.54) is 19.2 Å². The van der Waals surface area contributed by atoms with E-state index in [0.717, 1.165) is 11.1 Å². The Labute approximate surface area is 115 Å². The summed E-state index contributed by atoms with van der Waals surface area (Å²) in [6, 6.07) is 15.4. The summed E-state index contributed by atoms with van der Waals surface area (Å²) in [5.74, 6) is -0.759. The second-order valence-electron chi connectivity index (χ2n) is 4.63. The van der Waals surface area contributed by atoms with Crippen molar-refractivity contribution in [3.05, 3.63) is 71.5 Å². The van der Waals surface area contributed by atoms with Crippen molar-refractivity contribution in [1.82, 2.24) is 0 Å². The Bertz CT molecular complexity index is 624. The predicted molar refractivity (Wildman–Crippen MR) is 70.5 cm³/mol. The third-order valence-electron chi connectivity index (χ3n) is 3.51. The Kier molecular flexibility index (Phi) is 3.03. The molecule has 1 heterocycles. The zero-order chi connectivity index (χ0) is 14.2. The molecule has 0 radical (unpaired) electrons. The summed E-state index contributed by atoms with van der Waals surface area (Å²) in [6.45, 7) is 0. The molecule has 3 rings (SSSR count). The molecule has 2 aromatic carbocycles. The topological polar surface area (TPSA) is 38.8 Å². The lowest BCUT2D eigenvalue weighted by molar-refractivity contribution is -0.142. The quantitative estimate of drug-likeness (QED) is 0.637. The van der Waals surface area contributed by atoms with Gasteiger partial charge in [-0.25, -0.2) is 9.18 Å². The number of carbonyl (C=O) groups is 1. The van der Waals surface area contributed by atoms with E-state index in [1.54, 1.807) is 12.1 Å². The Morgan fingerprint density at radius 2 is 1.70 bits per heavy atom. The van der Waals surface area contributed by atoms with Crippen LogP contribution in [0, 0.1) is 5.82 Å². The maximum atomic E-state index is 13.1. The maximum absolute atomic E-state index is 13.1. The van der Waals surface area contributed by atoms with E-state index in [9.17, 15) is 9.18 Å². The van der Waals surface area contributed by atoms with Gasteiger partial charge >= 0.3 is 5.97 Å². The summed E-state index contributed by atoms with van der Waals surface area (Å²) in [6.07, 6.45) is -0.694. The highest BCUT2D eigenvalue weighted by Crippen LogP contribution is 2.52. The molecule has 3 nitrogen and oxygen atoms in total. The van der Waals surface area contributed by atoms with Crippen LogP contribution >= 0.6 is 0 Å². The van der Waals surface area contributed by atoms with Crippen molar-refractivity contribution in [2.75, 3.05) is 7.11 Å². The van der Waals surface area contributed by atoms with Gasteiger partial charge in [-0.05, 0) is 23.3 Å². The van der Waals surface area contributed by atoms with Crippen LogP contribution in [0.4, 0.5) is 4.39 Å². The largest absolute Gasteiger partial charge is 0.467 e. The minimum absolute atomic E-state index is 0.327. The molecule has 0 aliphatic carbocycles. The van der Waals surface area contributed by atoms with Crippen LogP contribution in [0.15, 0.2) is 54.6 Å². The van der Waals surface area contributed by atoms with Gasteiger partial charge in [0.15, 0.2) is 11.7 Å². The summed E-state index contributed by atoms with van der Waals surface area (Å²) in [5, 5.41) is 0. The second kappa shape index (κ2) is 4.72. The molecule has 1 fully saturated rings. The van der Waals surface area contributed by atoms with E-state index in [-0.39, 0.29) is 5.82 Å². The van der Waals surface area contributed by atoms with Gasteiger partial charge in [-0.3, -0.25) is 0 Å². The fraction of sp³-hybridized carbons (Fsp3) is 0.188. The van der Waals surface area contributed by atoms with Crippen molar-refractivity contribution in [2.45, 2.75) is 11.7 Å². The number of halogens is 1. The average molecular weight is 272 g/mol. The summed E-state index contributed by atoms with van der Waals surface area (Å²) in [7, 11) is 1.32. The number of epoxide rings is 1. The number of benzene rings is 2. The van der Waals surface area contributed by atoms with Crippen molar-refractivity contribution >= 4 is 5.97 Å². The molecular weight excluding hydrogens is 259 g/mol. The number of ether oxygens (including phenoxy) is 2. The first kappa shape index (κ1) is 12.8. The highest BCUT2D eigenvalue weighted by molar-refractivity contribution is 5.81. The molecule has 4 heteroatoms. The molecule has 0 amide bonds. The lowest BCUT2D eigenvalue weighted by atomic mass is 9.88. The zero-order valence-electron chi connectivity index (χ0n) is 10.9. The van der Waals surface area contributed by atoms with Gasteiger partial charge in [0.2, 0.25) is 0 Å². The van der Waals surface area contributed by atoms with Gasteiger partial charge in [0.25, 0.3) is 0 Å². The minimum Gasteiger partial charge on any atom is -0.467 e. The van der Waals surface area contributed by atoms with Gasteiger partial charge in [-0.15, -0.1) is 0 Å². The van der Waals surface area contributed by atoms with Crippen LogP contribution in [0.5, 0.6) is 0 Å². The van der Waals surface area contributed by atoms with Crippen molar-refractivity contribution < 1.29 is 18.7 Å². The van der Waals surface area contributed by atoms with E-state index in [4.69, 9.17) is 9.47 Å². The molecule has 1 aliphatic heterocycles. The van der Waals surface area contributed by atoms with Crippen LogP contribution < -0.4 is 0 Å². The molecule has 2 atom stereocenters. The van der Waals surface area contributed by atoms with Gasteiger partial charge in [-0.1, -0.05) is 42.5 Å². The van der Waals surface area contributed by atoms with Gasteiger partial charge in [-0.2, -0.15) is 0 Å². The fourth-order valence-corrected chi connectivity index (χ4v) is 2.46. The summed E-state index contributed by atoms with van der Waals surface area (Å²) in [5.41, 5.74) is 0.713. The molecule has 0 N–H and O–H groups in total. The number of methoxy groups -OCH3 is 1. The molecule has 1 saturated heterocycles. The Hall–Kier alpha value is -2.20. The van der Waals surface area contributed by atoms with Crippen molar-refractivity contribution in [2.24, 2.45) is 0 Å². The van der Waals surface area contributed by atoms with Crippen molar-refractivity contribution in [1.29, 1.82) is 0 Å². The first-order chi connectivity index (χ1) is 9.68. The van der Waals surface area contributed by atoms with Crippen molar-refractivity contribution in [3.63, 3.8) is 0 Å². The van der Waals surface area contributed by atoms with E-state index in [2.05, 4.69) is 0 Å². The molecule has 0 spiro atoms. The summed E-state index contributed by atoms with van der Waals surface area (Å²) in [4.78, 5) is 11.8. The monoisotopic (exact) mass is 272 g/mol.